The Balaban J connectivity index is 0.00000363. The van der Waals surface area contributed by atoms with E-state index in [9.17, 15) is 13.2 Å². The molecule has 0 fully saturated rings. The standard InChI is InChI=1S/C22H24F3N5O.HI/c1-15-20(16(2)30(29-15)14-18-6-4-3-5-7-18)13-28-21(26)27-12-17-8-10-19(11-9-17)31-22(23,24)25;/h3-11H,12-14H2,1-2H3,(H3,26,27,28);1H. The Morgan fingerprint density at radius 3 is 2.34 bits per heavy atom. The molecule has 0 saturated heterocycles. The summed E-state index contributed by atoms with van der Waals surface area (Å²) < 4.78 is 42.4. The van der Waals surface area contributed by atoms with Crippen LogP contribution < -0.4 is 15.8 Å². The first-order chi connectivity index (χ1) is 14.7. The first-order valence-electron chi connectivity index (χ1n) is 9.66. The van der Waals surface area contributed by atoms with Gasteiger partial charge in [0.1, 0.15) is 5.75 Å². The summed E-state index contributed by atoms with van der Waals surface area (Å²) in [5.41, 5.74) is 10.8. The highest BCUT2D eigenvalue weighted by atomic mass is 127. The SMILES string of the molecule is Cc1nn(Cc2ccccc2)c(C)c1CNC(N)=NCc1ccc(OC(F)(F)F)cc1.I. The second-order valence-electron chi connectivity index (χ2n) is 7.04. The third-order valence-electron chi connectivity index (χ3n) is 4.74. The van der Waals surface area contributed by atoms with Crippen LogP contribution in [-0.4, -0.2) is 22.1 Å². The molecular weight excluding hydrogens is 534 g/mol. The van der Waals surface area contributed by atoms with Gasteiger partial charge in [0.15, 0.2) is 5.96 Å². The Bertz CT molecular complexity index is 1030. The van der Waals surface area contributed by atoms with Crippen molar-refractivity contribution >= 4 is 29.9 Å². The number of guanidine groups is 1. The van der Waals surface area contributed by atoms with E-state index in [1.54, 1.807) is 0 Å². The zero-order chi connectivity index (χ0) is 22.4. The van der Waals surface area contributed by atoms with Crippen molar-refractivity contribution in [2.24, 2.45) is 10.7 Å². The van der Waals surface area contributed by atoms with Crippen molar-refractivity contribution in [3.63, 3.8) is 0 Å². The van der Waals surface area contributed by atoms with Gasteiger partial charge in [-0.3, -0.25) is 4.68 Å². The van der Waals surface area contributed by atoms with Crippen LogP contribution in [0, 0.1) is 13.8 Å². The van der Waals surface area contributed by atoms with Crippen molar-refractivity contribution in [3.8, 4) is 5.75 Å². The molecule has 0 unspecified atom stereocenters. The highest BCUT2D eigenvalue weighted by Gasteiger charge is 2.30. The third kappa shape index (κ3) is 7.43. The maximum atomic E-state index is 12.2. The highest BCUT2D eigenvalue weighted by molar-refractivity contribution is 14.0. The van der Waals surface area contributed by atoms with Gasteiger partial charge < -0.3 is 15.8 Å². The Labute approximate surface area is 201 Å². The molecule has 0 amide bonds. The number of rotatable bonds is 7. The third-order valence-corrected chi connectivity index (χ3v) is 4.74. The van der Waals surface area contributed by atoms with E-state index in [-0.39, 0.29) is 42.2 Å². The maximum absolute atomic E-state index is 12.2. The minimum atomic E-state index is -4.71. The lowest BCUT2D eigenvalue weighted by Crippen LogP contribution is -2.31. The van der Waals surface area contributed by atoms with Crippen molar-refractivity contribution in [1.29, 1.82) is 0 Å². The molecule has 0 aliphatic carbocycles. The lowest BCUT2D eigenvalue weighted by Gasteiger charge is -2.09. The first kappa shape index (κ1) is 25.5. The van der Waals surface area contributed by atoms with Gasteiger partial charge in [-0.15, -0.1) is 37.1 Å². The predicted molar refractivity (Wildman–Crippen MR) is 128 cm³/mol. The van der Waals surface area contributed by atoms with E-state index in [0.717, 1.165) is 17.0 Å². The predicted octanol–water partition coefficient (Wildman–Crippen LogP) is 4.67. The number of nitrogens with two attached hydrogens (primary N) is 1. The molecule has 0 aliphatic heterocycles. The molecule has 0 atom stereocenters. The number of halogens is 4. The molecule has 10 heteroatoms. The second-order valence-corrected chi connectivity index (χ2v) is 7.04. The summed E-state index contributed by atoms with van der Waals surface area (Å²) in [6, 6.07) is 15.6. The van der Waals surface area contributed by atoms with Crippen molar-refractivity contribution in [2.75, 3.05) is 0 Å². The van der Waals surface area contributed by atoms with Crippen LogP contribution in [0.5, 0.6) is 5.75 Å². The molecule has 0 radical (unpaired) electrons. The lowest BCUT2D eigenvalue weighted by atomic mass is 10.2. The zero-order valence-corrected chi connectivity index (χ0v) is 20.0. The van der Waals surface area contributed by atoms with Crippen LogP contribution in [0.1, 0.15) is 28.1 Å². The largest absolute Gasteiger partial charge is 0.573 e. The smallest absolute Gasteiger partial charge is 0.406 e. The monoisotopic (exact) mass is 559 g/mol. The Morgan fingerprint density at radius 2 is 1.72 bits per heavy atom. The molecule has 1 heterocycles. The topological polar surface area (TPSA) is 77.5 Å². The molecule has 32 heavy (non-hydrogen) atoms. The van der Waals surface area contributed by atoms with Gasteiger partial charge in [0.25, 0.3) is 0 Å². The number of hydrogen-bond donors (Lipinski definition) is 2. The van der Waals surface area contributed by atoms with Gasteiger partial charge in [-0.2, -0.15) is 5.10 Å². The van der Waals surface area contributed by atoms with Gasteiger partial charge in [-0.05, 0) is 37.1 Å². The Kier molecular flexibility index (Phi) is 8.93. The van der Waals surface area contributed by atoms with Crippen LogP contribution in [0.3, 0.4) is 0 Å². The summed E-state index contributed by atoms with van der Waals surface area (Å²) in [5.74, 6) is -0.0324. The maximum Gasteiger partial charge on any atom is 0.573 e. The van der Waals surface area contributed by atoms with E-state index in [1.165, 1.54) is 29.8 Å². The molecule has 2 aromatic carbocycles. The minimum Gasteiger partial charge on any atom is -0.406 e. The number of nitrogens with zero attached hydrogens (tertiary/aromatic N) is 3. The van der Waals surface area contributed by atoms with Crippen LogP contribution >= 0.6 is 24.0 Å². The molecule has 0 saturated carbocycles. The van der Waals surface area contributed by atoms with Crippen LogP contribution in [0.2, 0.25) is 0 Å². The summed E-state index contributed by atoms with van der Waals surface area (Å²) in [5, 5.41) is 7.69. The Hall–Kier alpha value is -2.76. The summed E-state index contributed by atoms with van der Waals surface area (Å²) in [6.45, 7) is 5.35. The summed E-state index contributed by atoms with van der Waals surface area (Å²) in [7, 11) is 0. The molecule has 3 N–H and O–H groups in total. The molecule has 0 aliphatic rings. The molecule has 6 nitrogen and oxygen atoms in total. The molecule has 3 rings (SSSR count). The number of aryl methyl sites for hydroxylation is 1. The van der Waals surface area contributed by atoms with Gasteiger partial charge in [-0.1, -0.05) is 42.5 Å². The number of aromatic nitrogens is 2. The average Bonchev–Trinajstić information content (AvgIpc) is 2.98. The first-order valence-corrected chi connectivity index (χ1v) is 9.66. The van der Waals surface area contributed by atoms with Crippen molar-refractivity contribution < 1.29 is 17.9 Å². The van der Waals surface area contributed by atoms with Gasteiger partial charge in [0.05, 0.1) is 18.8 Å². The second kappa shape index (κ2) is 11.2. The quantitative estimate of drug-likeness (QED) is 0.251. The number of ether oxygens (including phenoxy) is 1. The molecular formula is C22H25F3IN5O. The molecule has 0 spiro atoms. The fourth-order valence-corrected chi connectivity index (χ4v) is 3.11. The lowest BCUT2D eigenvalue weighted by molar-refractivity contribution is -0.274. The summed E-state index contributed by atoms with van der Waals surface area (Å²) >= 11 is 0. The van der Waals surface area contributed by atoms with E-state index in [2.05, 4.69) is 32.3 Å². The van der Waals surface area contributed by atoms with Crippen molar-refractivity contribution in [3.05, 3.63) is 82.7 Å². The summed E-state index contributed by atoms with van der Waals surface area (Å²) in [4.78, 5) is 4.24. The molecule has 0 bridgehead atoms. The van der Waals surface area contributed by atoms with E-state index in [4.69, 9.17) is 5.73 Å². The minimum absolute atomic E-state index is 0. The van der Waals surface area contributed by atoms with Crippen LogP contribution in [-0.2, 0) is 19.6 Å². The fourth-order valence-electron chi connectivity index (χ4n) is 3.11. The average molecular weight is 559 g/mol. The van der Waals surface area contributed by atoms with E-state index in [0.29, 0.717) is 18.7 Å². The fraction of sp³-hybridized carbons (Fsp3) is 0.273. The van der Waals surface area contributed by atoms with E-state index < -0.39 is 6.36 Å². The number of benzene rings is 2. The van der Waals surface area contributed by atoms with Crippen molar-refractivity contribution in [1.82, 2.24) is 15.1 Å². The van der Waals surface area contributed by atoms with E-state index >= 15 is 0 Å². The van der Waals surface area contributed by atoms with Gasteiger partial charge in [0, 0.05) is 17.8 Å². The summed E-state index contributed by atoms with van der Waals surface area (Å²) in [6.07, 6.45) is -4.71. The number of nitrogens with one attached hydrogen (secondary N) is 1. The highest BCUT2D eigenvalue weighted by Crippen LogP contribution is 2.23. The Morgan fingerprint density at radius 1 is 1.06 bits per heavy atom. The van der Waals surface area contributed by atoms with Crippen LogP contribution in [0.25, 0.3) is 0 Å². The molecule has 172 valence electrons. The number of hydrogen-bond acceptors (Lipinski definition) is 3. The van der Waals surface area contributed by atoms with Gasteiger partial charge in [-0.25, -0.2) is 4.99 Å². The van der Waals surface area contributed by atoms with Gasteiger partial charge >= 0.3 is 6.36 Å². The van der Waals surface area contributed by atoms with E-state index in [1.807, 2.05) is 36.7 Å². The normalized spacial score (nSPS) is 11.7. The molecule has 1 aromatic heterocycles. The van der Waals surface area contributed by atoms with Crippen molar-refractivity contribution in [2.45, 2.75) is 39.8 Å². The number of alkyl halides is 3. The zero-order valence-electron chi connectivity index (χ0n) is 17.7. The van der Waals surface area contributed by atoms with Crippen LogP contribution in [0.4, 0.5) is 13.2 Å². The number of aliphatic imine (C=N–C) groups is 1. The molecule has 3 aromatic rings. The van der Waals surface area contributed by atoms with Gasteiger partial charge in [0.2, 0.25) is 0 Å². The van der Waals surface area contributed by atoms with Crippen LogP contribution in [0.15, 0.2) is 59.6 Å².